The van der Waals surface area contributed by atoms with E-state index >= 15 is 0 Å². The van der Waals surface area contributed by atoms with Gasteiger partial charge in [0.15, 0.2) is 0 Å². The van der Waals surface area contributed by atoms with E-state index in [0.717, 1.165) is 116 Å². The predicted octanol–water partition coefficient (Wildman–Crippen LogP) is -0.328. The molecular weight excluding hydrogens is 793 g/mol. The zero-order chi connectivity index (χ0) is 46.3. The number of hydrogen-bond donors (Lipinski definition) is 12. The first-order valence-corrected chi connectivity index (χ1v) is 23.8. The van der Waals surface area contributed by atoms with Crippen LogP contribution in [0.2, 0.25) is 0 Å². The van der Waals surface area contributed by atoms with Crippen molar-refractivity contribution in [2.75, 3.05) is 26.4 Å². The fourth-order valence-electron chi connectivity index (χ4n) is 9.28. The Kier molecular flexibility index (Phi) is 22.4. The molecule has 0 spiro atoms. The summed E-state index contributed by atoms with van der Waals surface area (Å²) in [5.41, 5.74) is 51.1. The quantitative estimate of drug-likeness (QED) is 0.0832. The van der Waals surface area contributed by atoms with Crippen molar-refractivity contribution >= 4 is 17.9 Å². The van der Waals surface area contributed by atoms with Gasteiger partial charge in [-0.3, -0.25) is 30.3 Å². The van der Waals surface area contributed by atoms with Crippen LogP contribution in [-0.4, -0.2) is 127 Å². The van der Waals surface area contributed by atoms with Crippen molar-refractivity contribution in [3.05, 3.63) is 0 Å². The van der Waals surface area contributed by atoms with Gasteiger partial charge in [-0.15, -0.1) is 0 Å². The summed E-state index contributed by atoms with van der Waals surface area (Å²) in [7, 11) is 0. The molecule has 0 heterocycles. The lowest BCUT2D eigenvalue weighted by Crippen LogP contribution is -2.63. The molecule has 12 atom stereocenters. The molecule has 0 amide bonds. The molecule has 0 bridgehead atoms. The Bertz CT molecular complexity index is 1310. The van der Waals surface area contributed by atoms with Gasteiger partial charge in [-0.1, -0.05) is 0 Å². The van der Waals surface area contributed by atoms with Crippen LogP contribution in [0.5, 0.6) is 0 Å². The summed E-state index contributed by atoms with van der Waals surface area (Å²) in [6, 6.07) is 1.61. The minimum Gasteiger partial charge on any atom is -0.465 e. The number of nitrogens with one attached hydrogen (secondary N) is 3. The van der Waals surface area contributed by atoms with E-state index in [1.807, 2.05) is 34.6 Å². The topological polar surface area (TPSA) is 349 Å². The van der Waals surface area contributed by atoms with Gasteiger partial charge >= 0.3 is 17.9 Å². The van der Waals surface area contributed by atoms with Crippen molar-refractivity contribution in [3.8, 4) is 0 Å². The van der Waals surface area contributed by atoms with Crippen LogP contribution in [0, 0.1) is 5.92 Å². The molecule has 0 aromatic carbocycles. The first-order valence-electron chi connectivity index (χ1n) is 23.8. The Morgan fingerprint density at radius 2 is 0.887 bits per heavy atom. The van der Waals surface area contributed by atoms with Crippen LogP contribution in [-0.2, 0) is 28.6 Å². The lowest BCUT2D eigenvalue weighted by atomic mass is 9.75. The third-order valence-corrected chi connectivity index (χ3v) is 13.9. The average Bonchev–Trinajstić information content (AvgIpc) is 4.00. The summed E-state index contributed by atoms with van der Waals surface area (Å²) in [5, 5.41) is 10.2. The van der Waals surface area contributed by atoms with E-state index in [1.54, 1.807) is 0 Å². The highest BCUT2D eigenvalue weighted by Gasteiger charge is 2.53. The number of esters is 3. The highest BCUT2D eigenvalue weighted by molar-refractivity contribution is 5.84. The molecule has 18 heteroatoms. The molecule has 18 nitrogen and oxygen atoms in total. The van der Waals surface area contributed by atoms with E-state index in [2.05, 4.69) is 16.0 Å². The van der Waals surface area contributed by atoms with Gasteiger partial charge in [-0.05, 0) is 156 Å². The van der Waals surface area contributed by atoms with Crippen molar-refractivity contribution in [2.45, 2.75) is 227 Å². The number of carbonyl (C=O) groups is 3. The van der Waals surface area contributed by atoms with E-state index in [-0.39, 0.29) is 72.3 Å². The van der Waals surface area contributed by atoms with Crippen molar-refractivity contribution in [1.82, 2.24) is 16.0 Å². The number of rotatable bonds is 13. The van der Waals surface area contributed by atoms with Gasteiger partial charge in [0.1, 0.15) is 16.6 Å². The van der Waals surface area contributed by atoms with E-state index in [1.165, 1.54) is 0 Å². The fourth-order valence-corrected chi connectivity index (χ4v) is 9.28. The molecule has 62 heavy (non-hydrogen) atoms. The van der Waals surface area contributed by atoms with Crippen LogP contribution in [0.4, 0.5) is 0 Å². The minimum absolute atomic E-state index is 0.0132. The lowest BCUT2D eigenvalue weighted by molar-refractivity contribution is -0.156. The Morgan fingerprint density at radius 3 is 1.23 bits per heavy atom. The first-order chi connectivity index (χ1) is 29.2. The third kappa shape index (κ3) is 16.4. The van der Waals surface area contributed by atoms with Gasteiger partial charge in [0.05, 0.1) is 19.8 Å². The number of carbonyl (C=O) groups excluding carboxylic acids is 3. The summed E-state index contributed by atoms with van der Waals surface area (Å²) < 4.78 is 15.3. The molecule has 6 aliphatic carbocycles. The molecule has 362 valence electrons. The molecule has 0 saturated heterocycles. The molecule has 0 aromatic heterocycles. The van der Waals surface area contributed by atoms with E-state index in [4.69, 9.17) is 65.8 Å². The fraction of sp³-hybridized carbons (Fsp3) is 0.932. The van der Waals surface area contributed by atoms with E-state index in [0.29, 0.717) is 37.8 Å². The van der Waals surface area contributed by atoms with E-state index in [9.17, 15) is 14.4 Å². The minimum atomic E-state index is -0.665. The monoisotopic (exact) mass is 883 g/mol. The molecule has 6 fully saturated rings. The van der Waals surface area contributed by atoms with Gasteiger partial charge in [-0.2, -0.15) is 0 Å². The van der Waals surface area contributed by atoms with Crippen molar-refractivity contribution in [2.24, 2.45) is 57.5 Å². The van der Waals surface area contributed by atoms with Crippen LogP contribution in [0.3, 0.4) is 0 Å². The largest absolute Gasteiger partial charge is 0.465 e. The molecule has 0 aliphatic heterocycles. The van der Waals surface area contributed by atoms with Crippen molar-refractivity contribution < 1.29 is 28.6 Å². The first kappa shape index (κ1) is 54.3. The van der Waals surface area contributed by atoms with Crippen LogP contribution in [0.15, 0.2) is 0 Å². The second-order valence-electron chi connectivity index (χ2n) is 19.5. The van der Waals surface area contributed by atoms with Crippen molar-refractivity contribution in [3.63, 3.8) is 0 Å². The van der Waals surface area contributed by atoms with Gasteiger partial charge in [0.25, 0.3) is 0 Å². The zero-order valence-electron chi connectivity index (χ0n) is 38.9. The van der Waals surface area contributed by atoms with E-state index < -0.39 is 16.6 Å². The number of nitrogens with two attached hydrogens (primary N) is 9. The second-order valence-corrected chi connectivity index (χ2v) is 19.5. The summed E-state index contributed by atoms with van der Waals surface area (Å²) in [4.78, 5) is 35.6. The maximum Gasteiger partial charge on any atom is 0.326 e. The molecule has 6 saturated carbocycles. The van der Waals surface area contributed by atoms with Crippen LogP contribution in [0.25, 0.3) is 0 Å². The Morgan fingerprint density at radius 1 is 0.516 bits per heavy atom. The van der Waals surface area contributed by atoms with Crippen LogP contribution >= 0.6 is 0 Å². The highest BCUT2D eigenvalue weighted by atomic mass is 16.5. The summed E-state index contributed by atoms with van der Waals surface area (Å²) in [6.07, 6.45) is 16.0. The van der Waals surface area contributed by atoms with Gasteiger partial charge in [0, 0.05) is 66.5 Å². The predicted molar refractivity (Wildman–Crippen MR) is 245 cm³/mol. The Labute approximate surface area is 372 Å². The molecular formula is C44H90N12O6. The molecule has 21 N–H and O–H groups in total. The summed E-state index contributed by atoms with van der Waals surface area (Å²) in [5.74, 6) is 0.196. The van der Waals surface area contributed by atoms with Gasteiger partial charge in [0.2, 0.25) is 0 Å². The maximum atomic E-state index is 12.0. The summed E-state index contributed by atoms with van der Waals surface area (Å²) in [6.45, 7) is 11.2. The molecule has 0 radical (unpaired) electrons. The van der Waals surface area contributed by atoms with Crippen LogP contribution < -0.4 is 67.6 Å². The average molecular weight is 883 g/mol. The number of ether oxygens (including phenoxy) is 3. The SMILES string of the molecule is CCOC(=O)C(C)(C)NC1CC[C@H](N)[C@H](N)C1.CCOC(=O)C1(NC2CC[C@H](N)[C@H](N)C2)CC1.CCOC(=O)C1(NC2CC[C@H](N)[C@H](N)C2)CCC1.NCC1CC[C@H](N)[C@H](N)C1. The van der Waals surface area contributed by atoms with Crippen molar-refractivity contribution in [1.29, 1.82) is 0 Å². The number of hydrogen-bond acceptors (Lipinski definition) is 18. The second kappa shape index (κ2) is 25.6. The van der Waals surface area contributed by atoms with Crippen LogP contribution in [0.1, 0.15) is 144 Å². The van der Waals surface area contributed by atoms with Gasteiger partial charge in [-0.25, -0.2) is 0 Å². The smallest absolute Gasteiger partial charge is 0.326 e. The molecule has 4 unspecified atom stereocenters. The third-order valence-electron chi connectivity index (χ3n) is 13.9. The normalized spacial score (nSPS) is 34.7. The Balaban J connectivity index is 0.000000224. The zero-order valence-corrected chi connectivity index (χ0v) is 38.9. The standard InChI is InChI=1S/C13H25N3O2.C12H23N3O2.C12H25N3O2.C7H17N3/c1-2-18-12(17)13(6-3-7-13)16-9-4-5-10(14)11(15)8-9;1-2-17-11(16)12(5-6-12)15-8-3-4-9(13)10(14)7-8;1-4-17-11(16)12(2,3)15-8-5-6-9(13)10(14)7-8;8-4-5-1-2-6(9)7(10)3-5/h9-11,16H,2-8,14-15H2,1H3;8-10,15H,2-7,13-14H2,1H3;8-10,15H,4-7,13-14H2,1-3H3;5-7H,1-4,8-10H2/t9?,10-,11+;2*8?,9-,10+;5?,6-,7+/m0000/s1. The Hall–Kier alpha value is -2.07. The molecule has 0 aromatic rings. The molecule has 6 aliphatic rings. The lowest BCUT2D eigenvalue weighted by Gasteiger charge is -2.44. The summed E-state index contributed by atoms with van der Waals surface area (Å²) >= 11 is 0. The highest BCUT2D eigenvalue weighted by Crippen LogP contribution is 2.39. The maximum absolute atomic E-state index is 12.0. The van der Waals surface area contributed by atoms with Gasteiger partial charge < -0.3 is 65.8 Å². The molecule has 6 rings (SSSR count).